The van der Waals surface area contributed by atoms with Crippen LogP contribution in [0, 0.1) is 0 Å². The van der Waals surface area contributed by atoms with E-state index in [1.165, 1.54) is 11.9 Å². The summed E-state index contributed by atoms with van der Waals surface area (Å²) in [6, 6.07) is 4.63. The third-order valence-electron chi connectivity index (χ3n) is 4.19. The number of carbonyl (C=O) groups excluding carboxylic acids is 2. The quantitative estimate of drug-likeness (QED) is 0.721. The predicted octanol–water partition coefficient (Wildman–Crippen LogP) is 1.05. The van der Waals surface area contributed by atoms with Crippen LogP contribution in [0.3, 0.4) is 0 Å². The highest BCUT2D eigenvalue weighted by Crippen LogP contribution is 2.22. The van der Waals surface area contributed by atoms with Gasteiger partial charge < -0.3 is 14.4 Å². The van der Waals surface area contributed by atoms with Crippen LogP contribution in [0.2, 0.25) is 0 Å². The van der Waals surface area contributed by atoms with E-state index in [2.05, 4.69) is 20.1 Å². The lowest BCUT2D eigenvalue weighted by Gasteiger charge is -2.13. The van der Waals surface area contributed by atoms with Crippen LogP contribution in [0.25, 0.3) is 22.4 Å². The Kier molecular flexibility index (Phi) is 3.08. The van der Waals surface area contributed by atoms with E-state index in [4.69, 9.17) is 4.52 Å². The number of aromatic amines is 1. The average molecular weight is 326 g/mol. The number of rotatable bonds is 3. The van der Waals surface area contributed by atoms with Gasteiger partial charge in [-0.15, -0.1) is 0 Å². The van der Waals surface area contributed by atoms with Gasteiger partial charge in [-0.05, 0) is 18.2 Å². The number of nitrogens with zero attached hydrogens (tertiary/aromatic N) is 5. The van der Waals surface area contributed by atoms with Gasteiger partial charge in [-0.3, -0.25) is 9.69 Å². The van der Waals surface area contributed by atoms with Gasteiger partial charge in [-0.25, -0.2) is 9.78 Å². The second kappa shape index (κ2) is 5.15. The minimum Gasteiger partial charge on any atom is -0.345 e. The Hall–Kier alpha value is -3.23. The monoisotopic (exact) mass is 326 g/mol. The molecular weight excluding hydrogens is 312 g/mol. The van der Waals surface area contributed by atoms with Crippen LogP contribution in [0.15, 0.2) is 29.0 Å². The number of H-pyrrole nitrogens is 1. The second-order valence-electron chi connectivity index (χ2n) is 5.66. The van der Waals surface area contributed by atoms with E-state index in [1.807, 2.05) is 18.2 Å². The van der Waals surface area contributed by atoms with Gasteiger partial charge >= 0.3 is 6.03 Å². The number of likely N-dealkylation sites (N-methyl/N-ethyl adjacent to an activating group) is 2. The van der Waals surface area contributed by atoms with E-state index >= 15 is 0 Å². The van der Waals surface area contributed by atoms with Crippen molar-refractivity contribution in [2.24, 2.45) is 0 Å². The van der Waals surface area contributed by atoms with Gasteiger partial charge in [0, 0.05) is 19.7 Å². The number of imidazole rings is 1. The number of carbonyl (C=O) groups is 2. The number of imide groups is 1. The van der Waals surface area contributed by atoms with Gasteiger partial charge in [-0.2, -0.15) is 4.98 Å². The summed E-state index contributed by atoms with van der Waals surface area (Å²) in [4.78, 5) is 37.9. The molecule has 0 aliphatic carbocycles. The molecule has 122 valence electrons. The first-order valence-corrected chi connectivity index (χ1v) is 7.35. The lowest BCUT2D eigenvalue weighted by Crippen LogP contribution is -2.33. The molecule has 1 fully saturated rings. The minimum absolute atomic E-state index is 0.185. The predicted molar refractivity (Wildman–Crippen MR) is 82.8 cm³/mol. The third-order valence-corrected chi connectivity index (χ3v) is 4.19. The van der Waals surface area contributed by atoms with Crippen LogP contribution in [-0.2, 0) is 11.2 Å². The molecule has 0 spiro atoms. The minimum atomic E-state index is -0.620. The summed E-state index contributed by atoms with van der Waals surface area (Å²) in [5.74, 6) is 0.457. The molecule has 24 heavy (non-hydrogen) atoms. The highest BCUT2D eigenvalue weighted by atomic mass is 16.5. The zero-order chi connectivity index (χ0) is 16.8. The highest BCUT2D eigenvalue weighted by Gasteiger charge is 2.41. The van der Waals surface area contributed by atoms with Gasteiger partial charge in [0.1, 0.15) is 6.04 Å². The summed E-state index contributed by atoms with van der Waals surface area (Å²) in [7, 11) is 3.04. The van der Waals surface area contributed by atoms with E-state index in [9.17, 15) is 9.59 Å². The Morgan fingerprint density at radius 2 is 2.12 bits per heavy atom. The Labute approximate surface area is 136 Å². The number of hydrogen-bond acceptors (Lipinski definition) is 6. The van der Waals surface area contributed by atoms with Crippen LogP contribution < -0.4 is 0 Å². The van der Waals surface area contributed by atoms with Gasteiger partial charge in [-0.1, -0.05) is 5.16 Å². The molecule has 3 aromatic rings. The molecule has 9 nitrogen and oxygen atoms in total. The van der Waals surface area contributed by atoms with Crippen molar-refractivity contribution >= 4 is 23.0 Å². The van der Waals surface area contributed by atoms with E-state index in [0.29, 0.717) is 11.7 Å². The molecule has 4 rings (SSSR count). The molecule has 3 heterocycles. The molecule has 0 bridgehead atoms. The first-order chi connectivity index (χ1) is 11.5. The maximum atomic E-state index is 12.1. The molecule has 2 aromatic heterocycles. The summed E-state index contributed by atoms with van der Waals surface area (Å²) in [6.07, 6.45) is 1.80. The van der Waals surface area contributed by atoms with Crippen LogP contribution in [0.5, 0.6) is 0 Å². The fourth-order valence-electron chi connectivity index (χ4n) is 2.77. The smallest absolute Gasteiger partial charge is 0.326 e. The molecular formula is C15H14N6O3. The lowest BCUT2D eigenvalue weighted by atomic mass is 10.2. The molecule has 1 aliphatic heterocycles. The molecule has 1 saturated heterocycles. The van der Waals surface area contributed by atoms with Crippen molar-refractivity contribution in [2.75, 3.05) is 14.1 Å². The SMILES string of the molecule is CN1C(=O)[C@@H](Cc2nc(-c3ccc4nc[nH]c4c3)no2)N(C)C1=O. The van der Waals surface area contributed by atoms with E-state index < -0.39 is 6.04 Å². The lowest BCUT2D eigenvalue weighted by molar-refractivity contribution is -0.127. The van der Waals surface area contributed by atoms with Gasteiger partial charge in [0.2, 0.25) is 11.7 Å². The van der Waals surface area contributed by atoms with Crippen LogP contribution in [-0.4, -0.2) is 62.0 Å². The largest absolute Gasteiger partial charge is 0.345 e. The molecule has 1 atom stereocenters. The summed E-state index contributed by atoms with van der Waals surface area (Å²) < 4.78 is 5.25. The van der Waals surface area contributed by atoms with E-state index in [0.717, 1.165) is 21.5 Å². The molecule has 3 amide bonds. The molecule has 1 N–H and O–H groups in total. The maximum Gasteiger partial charge on any atom is 0.326 e. The zero-order valence-electron chi connectivity index (χ0n) is 13.1. The molecule has 1 aliphatic rings. The molecule has 0 unspecified atom stereocenters. The Bertz CT molecular complexity index is 945. The highest BCUT2D eigenvalue weighted by molar-refractivity contribution is 6.03. The summed E-state index contributed by atoms with van der Waals surface area (Å²) in [5, 5.41) is 3.96. The number of nitrogens with one attached hydrogen (secondary N) is 1. The van der Waals surface area contributed by atoms with Gasteiger partial charge in [0.15, 0.2) is 0 Å². The Morgan fingerprint density at radius 3 is 2.88 bits per heavy atom. The first-order valence-electron chi connectivity index (χ1n) is 7.35. The Morgan fingerprint density at radius 1 is 1.29 bits per heavy atom. The third kappa shape index (κ3) is 2.13. The van der Waals surface area contributed by atoms with Crippen molar-refractivity contribution in [3.05, 3.63) is 30.4 Å². The van der Waals surface area contributed by atoms with Crippen molar-refractivity contribution < 1.29 is 14.1 Å². The summed E-state index contributed by atoms with van der Waals surface area (Å²) in [5.41, 5.74) is 2.50. The molecule has 0 radical (unpaired) electrons. The van der Waals surface area contributed by atoms with E-state index in [1.54, 1.807) is 13.4 Å². The first kappa shape index (κ1) is 14.4. The van der Waals surface area contributed by atoms with Crippen molar-refractivity contribution in [2.45, 2.75) is 12.5 Å². The topological polar surface area (TPSA) is 108 Å². The summed E-state index contributed by atoms with van der Waals surface area (Å²) >= 11 is 0. The van der Waals surface area contributed by atoms with Crippen LogP contribution in [0.1, 0.15) is 5.89 Å². The summed E-state index contributed by atoms with van der Waals surface area (Å²) in [6.45, 7) is 0. The fraction of sp³-hybridized carbons (Fsp3) is 0.267. The Balaban J connectivity index is 1.59. The molecule has 9 heteroatoms. The second-order valence-corrected chi connectivity index (χ2v) is 5.66. The van der Waals surface area contributed by atoms with Crippen molar-refractivity contribution in [1.29, 1.82) is 0 Å². The number of urea groups is 1. The number of benzene rings is 1. The number of amides is 3. The number of aromatic nitrogens is 4. The normalized spacial score (nSPS) is 18.2. The van der Waals surface area contributed by atoms with Crippen molar-refractivity contribution in [1.82, 2.24) is 29.9 Å². The fourth-order valence-corrected chi connectivity index (χ4v) is 2.77. The number of fused-ring (bicyclic) bond motifs is 1. The molecule has 0 saturated carbocycles. The zero-order valence-corrected chi connectivity index (χ0v) is 13.1. The average Bonchev–Trinajstić information content (AvgIpc) is 3.28. The van der Waals surface area contributed by atoms with Crippen molar-refractivity contribution in [3.63, 3.8) is 0 Å². The number of hydrogen-bond donors (Lipinski definition) is 1. The van der Waals surface area contributed by atoms with E-state index in [-0.39, 0.29) is 18.4 Å². The molecule has 1 aromatic carbocycles. The van der Waals surface area contributed by atoms with Gasteiger partial charge in [0.25, 0.3) is 5.91 Å². The van der Waals surface area contributed by atoms with Gasteiger partial charge in [0.05, 0.1) is 23.8 Å². The van der Waals surface area contributed by atoms with Crippen LogP contribution >= 0.6 is 0 Å². The van der Waals surface area contributed by atoms with Crippen molar-refractivity contribution in [3.8, 4) is 11.4 Å². The standard InChI is InChI=1S/C15H14N6O3/c1-20-11(14(22)21(2)15(20)23)6-12-18-13(19-24-12)8-3-4-9-10(5-8)17-7-16-9/h3-5,7,11H,6H2,1-2H3,(H,16,17)/t11-/m1/s1. The van der Waals surface area contributed by atoms with Crippen LogP contribution in [0.4, 0.5) is 4.79 Å². The maximum absolute atomic E-state index is 12.1.